The number of fused-ring (bicyclic) bond motifs is 1. The van der Waals surface area contributed by atoms with Crippen LogP contribution in [-0.2, 0) is 0 Å². The number of halogens is 1. The normalized spacial score (nSPS) is 10.5. The van der Waals surface area contributed by atoms with Crippen LogP contribution in [0.15, 0.2) is 51.4 Å². The van der Waals surface area contributed by atoms with Gasteiger partial charge in [-0.3, -0.25) is 4.79 Å². The lowest BCUT2D eigenvalue weighted by molar-refractivity contribution is 0.101. The van der Waals surface area contributed by atoms with Crippen LogP contribution >= 0.6 is 15.9 Å². The molecule has 0 fully saturated rings. The van der Waals surface area contributed by atoms with Crippen LogP contribution in [0, 0.1) is 18.3 Å². The fraction of sp³-hybridized carbons (Fsp3) is 0.0588. The molecule has 0 bridgehead atoms. The first-order chi connectivity index (χ1) is 10.1. The topological polar surface area (TPSA) is 54.0 Å². The number of nitrogens with zero attached hydrogens (tertiary/aromatic N) is 1. The van der Waals surface area contributed by atoms with E-state index in [0.29, 0.717) is 22.5 Å². The molecule has 0 saturated carbocycles. The highest BCUT2D eigenvalue weighted by atomic mass is 79.9. The van der Waals surface area contributed by atoms with Gasteiger partial charge in [-0.1, -0.05) is 15.9 Å². The smallest absolute Gasteiger partial charge is 0.228 e. The fourth-order valence-electron chi connectivity index (χ4n) is 2.24. The minimum Gasteiger partial charge on any atom is -0.452 e. The predicted octanol–water partition coefficient (Wildman–Crippen LogP) is 4.61. The molecule has 102 valence electrons. The summed E-state index contributed by atoms with van der Waals surface area (Å²) in [5.74, 6) is 0.164. The van der Waals surface area contributed by atoms with E-state index in [-0.39, 0.29) is 5.78 Å². The van der Waals surface area contributed by atoms with Gasteiger partial charge >= 0.3 is 0 Å². The molecule has 0 atom stereocenters. The van der Waals surface area contributed by atoms with Gasteiger partial charge in [0.1, 0.15) is 5.58 Å². The van der Waals surface area contributed by atoms with Gasteiger partial charge in [-0.15, -0.1) is 0 Å². The molecule has 0 aliphatic carbocycles. The van der Waals surface area contributed by atoms with Crippen LogP contribution in [0.25, 0.3) is 11.0 Å². The third-order valence-electron chi connectivity index (χ3n) is 3.38. The highest BCUT2D eigenvalue weighted by Crippen LogP contribution is 2.29. The van der Waals surface area contributed by atoms with E-state index in [1.54, 1.807) is 24.3 Å². The summed E-state index contributed by atoms with van der Waals surface area (Å²) in [6.45, 7) is 1.87. The van der Waals surface area contributed by atoms with Gasteiger partial charge < -0.3 is 4.42 Å². The highest BCUT2D eigenvalue weighted by molar-refractivity contribution is 9.10. The molecule has 0 aliphatic rings. The number of aryl methyl sites for hydroxylation is 1. The van der Waals surface area contributed by atoms with Crippen LogP contribution in [0.1, 0.15) is 27.2 Å². The average molecular weight is 340 g/mol. The number of rotatable bonds is 2. The Bertz CT molecular complexity index is 886. The minimum atomic E-state index is -0.177. The zero-order valence-electron chi connectivity index (χ0n) is 11.2. The molecule has 21 heavy (non-hydrogen) atoms. The maximum absolute atomic E-state index is 12.5. The van der Waals surface area contributed by atoms with E-state index in [1.165, 1.54) is 0 Å². The monoisotopic (exact) mass is 339 g/mol. The van der Waals surface area contributed by atoms with Crippen LogP contribution in [0.5, 0.6) is 0 Å². The molecular weight excluding hydrogens is 330 g/mol. The van der Waals surface area contributed by atoms with Crippen molar-refractivity contribution in [2.24, 2.45) is 0 Å². The summed E-state index contributed by atoms with van der Waals surface area (Å²) in [6.07, 6.45) is 0. The van der Waals surface area contributed by atoms with Crippen LogP contribution in [0.2, 0.25) is 0 Å². The van der Waals surface area contributed by atoms with E-state index in [2.05, 4.69) is 15.9 Å². The predicted molar refractivity (Wildman–Crippen MR) is 83.2 cm³/mol. The quantitative estimate of drug-likeness (QED) is 0.640. The van der Waals surface area contributed by atoms with Gasteiger partial charge in [-0.25, -0.2) is 0 Å². The summed E-state index contributed by atoms with van der Waals surface area (Å²) in [5.41, 5.74) is 2.54. The molecule has 0 aliphatic heterocycles. The van der Waals surface area contributed by atoms with Gasteiger partial charge in [0.2, 0.25) is 5.78 Å². The lowest BCUT2D eigenvalue weighted by atomic mass is 10.0. The lowest BCUT2D eigenvalue weighted by Gasteiger charge is -1.99. The maximum Gasteiger partial charge on any atom is 0.228 e. The van der Waals surface area contributed by atoms with Gasteiger partial charge in [0.25, 0.3) is 0 Å². The Kier molecular flexibility index (Phi) is 3.36. The Hall–Kier alpha value is -2.38. The molecule has 0 spiro atoms. The maximum atomic E-state index is 12.5. The SMILES string of the molecule is Cc1c(C(=O)c2ccc(C#N)cc2)oc2ccc(Br)cc12. The third kappa shape index (κ3) is 2.37. The molecule has 3 nitrogen and oxygen atoms in total. The first-order valence-corrected chi connectivity index (χ1v) is 7.13. The number of ketones is 1. The van der Waals surface area contributed by atoms with Crippen molar-refractivity contribution in [2.75, 3.05) is 0 Å². The van der Waals surface area contributed by atoms with E-state index >= 15 is 0 Å². The molecule has 4 heteroatoms. The molecule has 1 heterocycles. The zero-order chi connectivity index (χ0) is 15.0. The molecule has 3 aromatic rings. The first-order valence-electron chi connectivity index (χ1n) is 6.33. The van der Waals surface area contributed by atoms with E-state index < -0.39 is 0 Å². The van der Waals surface area contributed by atoms with Crippen molar-refractivity contribution in [3.63, 3.8) is 0 Å². The van der Waals surface area contributed by atoms with Crippen molar-refractivity contribution < 1.29 is 9.21 Å². The minimum absolute atomic E-state index is 0.177. The molecule has 0 unspecified atom stereocenters. The molecule has 2 aromatic carbocycles. The van der Waals surface area contributed by atoms with E-state index in [4.69, 9.17) is 9.68 Å². The largest absolute Gasteiger partial charge is 0.452 e. The van der Waals surface area contributed by atoms with Crippen molar-refractivity contribution in [2.45, 2.75) is 6.92 Å². The van der Waals surface area contributed by atoms with Crippen LogP contribution < -0.4 is 0 Å². The molecule has 0 radical (unpaired) electrons. The van der Waals surface area contributed by atoms with Gasteiger partial charge in [-0.05, 0) is 49.4 Å². The van der Waals surface area contributed by atoms with E-state index in [0.717, 1.165) is 15.4 Å². The third-order valence-corrected chi connectivity index (χ3v) is 3.87. The summed E-state index contributed by atoms with van der Waals surface area (Å²) in [7, 11) is 0. The van der Waals surface area contributed by atoms with E-state index in [9.17, 15) is 4.79 Å². The van der Waals surface area contributed by atoms with Gasteiger partial charge in [0, 0.05) is 21.0 Å². The van der Waals surface area contributed by atoms with Gasteiger partial charge in [0.15, 0.2) is 5.76 Å². The Labute approximate surface area is 129 Å². The molecule has 1 aromatic heterocycles. The molecule has 0 N–H and O–H groups in total. The lowest BCUT2D eigenvalue weighted by Crippen LogP contribution is -2.01. The standard InChI is InChI=1S/C17H10BrNO2/c1-10-14-8-13(18)6-7-15(14)21-17(10)16(20)12-4-2-11(9-19)3-5-12/h2-8H,1H3. The zero-order valence-corrected chi connectivity index (χ0v) is 12.8. The van der Waals surface area contributed by atoms with Crippen molar-refractivity contribution in [1.82, 2.24) is 0 Å². The second-order valence-electron chi connectivity index (χ2n) is 4.71. The van der Waals surface area contributed by atoms with Gasteiger partial charge in [0.05, 0.1) is 11.6 Å². The summed E-state index contributed by atoms with van der Waals surface area (Å²) in [4.78, 5) is 12.5. The number of furan rings is 1. The second kappa shape index (κ2) is 5.19. The summed E-state index contributed by atoms with van der Waals surface area (Å²) < 4.78 is 6.63. The summed E-state index contributed by atoms with van der Waals surface area (Å²) in [5, 5.41) is 9.71. The van der Waals surface area contributed by atoms with E-state index in [1.807, 2.05) is 31.2 Å². The number of hydrogen-bond acceptors (Lipinski definition) is 3. The fourth-order valence-corrected chi connectivity index (χ4v) is 2.60. The number of nitriles is 1. The summed E-state index contributed by atoms with van der Waals surface area (Å²) in [6, 6.07) is 14.2. The van der Waals surface area contributed by atoms with Crippen LogP contribution in [-0.4, -0.2) is 5.78 Å². The van der Waals surface area contributed by atoms with Crippen LogP contribution in [0.3, 0.4) is 0 Å². The number of benzene rings is 2. The Balaban J connectivity index is 2.09. The molecule has 0 amide bonds. The Morgan fingerprint density at radius 2 is 1.90 bits per heavy atom. The average Bonchev–Trinajstić information content (AvgIpc) is 2.83. The van der Waals surface area contributed by atoms with Crippen molar-refractivity contribution in [1.29, 1.82) is 5.26 Å². The van der Waals surface area contributed by atoms with Crippen LogP contribution in [0.4, 0.5) is 0 Å². The molecular formula is C17H10BrNO2. The first kappa shape index (κ1) is 13.6. The Morgan fingerprint density at radius 3 is 2.57 bits per heavy atom. The second-order valence-corrected chi connectivity index (χ2v) is 5.63. The summed E-state index contributed by atoms with van der Waals surface area (Å²) >= 11 is 3.42. The molecule has 3 rings (SSSR count). The Morgan fingerprint density at radius 1 is 1.19 bits per heavy atom. The highest BCUT2D eigenvalue weighted by Gasteiger charge is 2.19. The number of carbonyl (C=O) groups excluding carboxylic acids is 1. The number of hydrogen-bond donors (Lipinski definition) is 0. The van der Waals surface area contributed by atoms with Crippen molar-refractivity contribution >= 4 is 32.7 Å². The van der Waals surface area contributed by atoms with Crippen molar-refractivity contribution in [3.05, 3.63) is 69.4 Å². The molecule has 0 saturated heterocycles. The number of carbonyl (C=O) groups is 1. The van der Waals surface area contributed by atoms with Crippen molar-refractivity contribution in [3.8, 4) is 6.07 Å². The van der Waals surface area contributed by atoms with Gasteiger partial charge in [-0.2, -0.15) is 5.26 Å².